The summed E-state index contributed by atoms with van der Waals surface area (Å²) in [4.78, 5) is 15.4. The molecule has 1 aliphatic rings. The normalized spacial score (nSPS) is 17.0. The van der Waals surface area contributed by atoms with Crippen LogP contribution in [0.4, 0.5) is 24.7 Å². The van der Waals surface area contributed by atoms with E-state index in [1.54, 1.807) is 19.1 Å². The highest BCUT2D eigenvalue weighted by Gasteiger charge is 2.32. The molecular weight excluding hydrogens is 361 g/mol. The summed E-state index contributed by atoms with van der Waals surface area (Å²) in [5.74, 6) is 0.831. The summed E-state index contributed by atoms with van der Waals surface area (Å²) in [6, 6.07) is 6.70. The first kappa shape index (κ1) is 19.2. The van der Waals surface area contributed by atoms with E-state index in [-0.39, 0.29) is 11.9 Å². The minimum absolute atomic E-state index is 0.161. The van der Waals surface area contributed by atoms with Crippen molar-refractivity contribution in [3.63, 3.8) is 0 Å². The van der Waals surface area contributed by atoms with E-state index in [1.807, 2.05) is 11.8 Å². The van der Waals surface area contributed by atoms with Crippen LogP contribution in [-0.4, -0.2) is 43.3 Å². The van der Waals surface area contributed by atoms with Gasteiger partial charge in [-0.1, -0.05) is 11.2 Å². The van der Waals surface area contributed by atoms with Gasteiger partial charge in [-0.3, -0.25) is 4.79 Å². The van der Waals surface area contributed by atoms with E-state index < -0.39 is 11.7 Å². The van der Waals surface area contributed by atoms with Gasteiger partial charge in [-0.25, -0.2) is 0 Å². The lowest BCUT2D eigenvalue weighted by atomic mass is 10.1. The Morgan fingerprint density at radius 3 is 2.59 bits per heavy atom. The van der Waals surface area contributed by atoms with E-state index >= 15 is 0 Å². The van der Waals surface area contributed by atoms with Crippen LogP contribution in [0.3, 0.4) is 0 Å². The molecule has 1 aromatic carbocycles. The van der Waals surface area contributed by atoms with Gasteiger partial charge in [0.1, 0.15) is 5.76 Å². The number of rotatable bonds is 4. The average Bonchev–Trinajstić information content (AvgIpc) is 3.05. The van der Waals surface area contributed by atoms with Crippen LogP contribution in [0.1, 0.15) is 18.2 Å². The minimum atomic E-state index is -4.35. The maximum atomic E-state index is 12.9. The Morgan fingerprint density at radius 2 is 2.00 bits per heavy atom. The average molecular weight is 383 g/mol. The summed E-state index contributed by atoms with van der Waals surface area (Å²) in [5.41, 5.74) is -0.0931. The summed E-state index contributed by atoms with van der Waals surface area (Å²) < 4.78 is 43.6. The zero-order valence-electron chi connectivity index (χ0n) is 15.1. The van der Waals surface area contributed by atoms with Crippen molar-refractivity contribution in [1.82, 2.24) is 5.16 Å². The molecule has 0 saturated carbocycles. The fraction of sp³-hybridized carbons (Fsp3) is 0.444. The summed E-state index contributed by atoms with van der Waals surface area (Å²) in [5, 5.41) is 6.47. The lowest BCUT2D eigenvalue weighted by molar-refractivity contribution is -0.914. The van der Waals surface area contributed by atoms with Crippen molar-refractivity contribution in [2.24, 2.45) is 0 Å². The number of halogens is 3. The van der Waals surface area contributed by atoms with Crippen molar-refractivity contribution < 1.29 is 27.4 Å². The molecule has 9 heteroatoms. The van der Waals surface area contributed by atoms with E-state index in [4.69, 9.17) is 4.52 Å². The molecule has 1 fully saturated rings. The number of aryl methyl sites for hydroxylation is 1. The number of nitrogens with one attached hydrogen (secondary N) is 2. The van der Waals surface area contributed by atoms with Gasteiger partial charge in [0.25, 0.3) is 5.91 Å². The monoisotopic (exact) mass is 383 g/mol. The number of benzene rings is 1. The molecule has 0 spiro atoms. The molecule has 1 atom stereocenters. The van der Waals surface area contributed by atoms with Crippen LogP contribution in [0.5, 0.6) is 0 Å². The number of hydrogen-bond donors (Lipinski definition) is 2. The van der Waals surface area contributed by atoms with Gasteiger partial charge < -0.3 is 19.6 Å². The standard InChI is InChI=1S/C18H21F3N4O2/c1-12-10-16(23-27-12)22-17(26)13(2)24-6-8-25(9-7-24)15-5-3-4-14(11-15)18(19,20)21/h3-5,10-11,13H,6-9H2,1-2H3,(H,22,23,26)/p+1/t13-/m1/s1. The van der Waals surface area contributed by atoms with Gasteiger partial charge in [0, 0.05) is 11.8 Å². The highest BCUT2D eigenvalue weighted by atomic mass is 19.4. The molecule has 6 nitrogen and oxygen atoms in total. The Labute approximate surface area is 154 Å². The van der Waals surface area contributed by atoms with E-state index in [1.165, 1.54) is 12.1 Å². The number of hydrogen-bond acceptors (Lipinski definition) is 4. The molecule has 146 valence electrons. The summed E-state index contributed by atoms with van der Waals surface area (Å²) in [6.45, 7) is 6.04. The molecule has 1 aromatic heterocycles. The fourth-order valence-electron chi connectivity index (χ4n) is 3.21. The summed E-state index contributed by atoms with van der Waals surface area (Å²) >= 11 is 0. The van der Waals surface area contributed by atoms with Crippen molar-refractivity contribution in [2.45, 2.75) is 26.1 Å². The second-order valence-corrected chi connectivity index (χ2v) is 6.73. The van der Waals surface area contributed by atoms with Gasteiger partial charge in [-0.05, 0) is 32.0 Å². The zero-order chi connectivity index (χ0) is 19.6. The lowest BCUT2D eigenvalue weighted by Gasteiger charge is -2.36. The van der Waals surface area contributed by atoms with E-state index in [9.17, 15) is 18.0 Å². The van der Waals surface area contributed by atoms with E-state index in [0.717, 1.165) is 11.0 Å². The Hall–Kier alpha value is -2.55. The van der Waals surface area contributed by atoms with E-state index in [2.05, 4.69) is 10.5 Å². The van der Waals surface area contributed by atoms with Crippen LogP contribution in [0.25, 0.3) is 0 Å². The van der Waals surface area contributed by atoms with Crippen molar-refractivity contribution in [1.29, 1.82) is 0 Å². The predicted molar refractivity (Wildman–Crippen MR) is 93.7 cm³/mol. The highest BCUT2D eigenvalue weighted by Crippen LogP contribution is 2.31. The number of piperazine rings is 1. The Bertz CT molecular complexity index is 798. The molecule has 2 aromatic rings. The Morgan fingerprint density at radius 1 is 1.30 bits per heavy atom. The van der Waals surface area contributed by atoms with Crippen molar-refractivity contribution in [2.75, 3.05) is 36.4 Å². The topological polar surface area (TPSA) is 62.8 Å². The Kier molecular flexibility index (Phi) is 5.41. The van der Waals surface area contributed by atoms with Crippen LogP contribution >= 0.6 is 0 Å². The number of amides is 1. The molecule has 1 amide bonds. The second-order valence-electron chi connectivity index (χ2n) is 6.73. The van der Waals surface area contributed by atoms with Gasteiger partial charge in [-0.2, -0.15) is 13.2 Å². The highest BCUT2D eigenvalue weighted by molar-refractivity contribution is 5.92. The zero-order valence-corrected chi connectivity index (χ0v) is 15.1. The number of anilines is 2. The molecule has 0 aliphatic carbocycles. The number of carbonyl (C=O) groups is 1. The van der Waals surface area contributed by atoms with Crippen LogP contribution in [-0.2, 0) is 11.0 Å². The van der Waals surface area contributed by atoms with Gasteiger partial charge in [0.15, 0.2) is 11.9 Å². The largest absolute Gasteiger partial charge is 0.416 e. The molecule has 2 heterocycles. The smallest absolute Gasteiger partial charge is 0.360 e. The third-order valence-electron chi connectivity index (χ3n) is 4.83. The number of carbonyl (C=O) groups excluding carboxylic acids is 1. The maximum absolute atomic E-state index is 12.9. The molecular formula is C18H22F3N4O2+. The molecule has 1 saturated heterocycles. The molecule has 1 aliphatic heterocycles. The Balaban J connectivity index is 1.57. The number of nitrogens with zero attached hydrogens (tertiary/aromatic N) is 2. The molecule has 0 bridgehead atoms. The number of aromatic nitrogens is 1. The number of quaternary nitrogens is 1. The van der Waals surface area contributed by atoms with Crippen LogP contribution in [0.15, 0.2) is 34.9 Å². The van der Waals surface area contributed by atoms with Crippen LogP contribution < -0.4 is 15.1 Å². The third-order valence-corrected chi connectivity index (χ3v) is 4.83. The summed E-state index contributed by atoms with van der Waals surface area (Å²) in [6.07, 6.45) is -4.35. The maximum Gasteiger partial charge on any atom is 0.416 e. The second kappa shape index (κ2) is 7.59. The van der Waals surface area contributed by atoms with Crippen LogP contribution in [0, 0.1) is 6.92 Å². The molecule has 0 radical (unpaired) electrons. The van der Waals surface area contributed by atoms with Crippen molar-refractivity contribution >= 4 is 17.4 Å². The van der Waals surface area contributed by atoms with Gasteiger partial charge >= 0.3 is 6.18 Å². The van der Waals surface area contributed by atoms with Crippen LogP contribution in [0.2, 0.25) is 0 Å². The molecule has 2 N–H and O–H groups in total. The molecule has 0 unspecified atom stereocenters. The molecule has 27 heavy (non-hydrogen) atoms. The van der Waals surface area contributed by atoms with Gasteiger partial charge in [0.05, 0.1) is 31.7 Å². The first-order valence-corrected chi connectivity index (χ1v) is 8.75. The first-order chi connectivity index (χ1) is 12.7. The fourth-order valence-corrected chi connectivity index (χ4v) is 3.21. The minimum Gasteiger partial charge on any atom is -0.360 e. The lowest BCUT2D eigenvalue weighted by Crippen LogP contribution is -3.19. The van der Waals surface area contributed by atoms with Crippen molar-refractivity contribution in [3.05, 3.63) is 41.7 Å². The third kappa shape index (κ3) is 4.60. The first-order valence-electron chi connectivity index (χ1n) is 8.75. The predicted octanol–water partition coefficient (Wildman–Crippen LogP) is 1.73. The van der Waals surface area contributed by atoms with E-state index in [0.29, 0.717) is 43.4 Å². The quantitative estimate of drug-likeness (QED) is 0.844. The summed E-state index contributed by atoms with van der Waals surface area (Å²) in [7, 11) is 0. The van der Waals surface area contributed by atoms with Gasteiger partial charge in [0.2, 0.25) is 0 Å². The van der Waals surface area contributed by atoms with Gasteiger partial charge in [-0.15, -0.1) is 0 Å². The van der Waals surface area contributed by atoms with Crippen molar-refractivity contribution in [3.8, 4) is 0 Å². The molecule has 3 rings (SSSR count). The number of alkyl halides is 3. The SMILES string of the molecule is Cc1cc(NC(=O)[C@@H](C)[NH+]2CCN(c3cccc(C(F)(F)F)c3)CC2)no1.